The Morgan fingerprint density at radius 2 is 1.38 bits per heavy atom. The summed E-state index contributed by atoms with van der Waals surface area (Å²) < 4.78 is 44.6. The van der Waals surface area contributed by atoms with Crippen molar-refractivity contribution < 1.29 is 22.4 Å². The van der Waals surface area contributed by atoms with Gasteiger partial charge in [-0.05, 0) is 47.0 Å². The van der Waals surface area contributed by atoms with E-state index in [9.17, 15) is 18.0 Å². The van der Waals surface area contributed by atoms with Crippen LogP contribution in [0.5, 0.6) is 0 Å². The number of alkyl halides is 3. The van der Waals surface area contributed by atoms with Crippen LogP contribution in [0.25, 0.3) is 0 Å². The van der Waals surface area contributed by atoms with E-state index in [2.05, 4.69) is 50.4 Å². The quantitative estimate of drug-likeness (QED) is 0.625. The highest BCUT2D eigenvalue weighted by atomic mass is 28.4. The van der Waals surface area contributed by atoms with Crippen LogP contribution in [-0.4, -0.2) is 33.0 Å². The van der Waals surface area contributed by atoms with Crippen molar-refractivity contribution in [1.82, 2.24) is 5.32 Å². The second-order valence-corrected chi connectivity index (χ2v) is 14.0. The van der Waals surface area contributed by atoms with Gasteiger partial charge in [-0.2, -0.15) is 13.2 Å². The molecule has 1 N–H and O–H groups in total. The standard InChI is InChI=1S/C25H32F3NO2Si/c1-24(2,3)32(21-10-6-4-7-11-21,22-12-8-5-9-13-22)31-18-19-14-16-20(17-15-19)29-23(30)25(26,27)28/h4-13,19-20H,14-18H2,1-3H3,(H,29,30)/t19-,20-. The zero-order valence-corrected chi connectivity index (χ0v) is 19.9. The van der Waals surface area contributed by atoms with Crippen LogP contribution >= 0.6 is 0 Å². The summed E-state index contributed by atoms with van der Waals surface area (Å²) in [6, 6.07) is 20.4. The van der Waals surface area contributed by atoms with Crippen molar-refractivity contribution in [3.8, 4) is 0 Å². The summed E-state index contributed by atoms with van der Waals surface area (Å²) in [5.74, 6) is -1.58. The third kappa shape index (κ3) is 5.43. The van der Waals surface area contributed by atoms with Gasteiger partial charge in [-0.25, -0.2) is 0 Å². The summed E-state index contributed by atoms with van der Waals surface area (Å²) in [6.45, 7) is 7.24. The number of rotatable bonds is 6. The van der Waals surface area contributed by atoms with Crippen LogP contribution in [-0.2, 0) is 9.22 Å². The van der Waals surface area contributed by atoms with Gasteiger partial charge in [0, 0.05) is 12.6 Å². The third-order valence-electron chi connectivity index (χ3n) is 6.39. The average molecular weight is 464 g/mol. The van der Waals surface area contributed by atoms with E-state index in [0.717, 1.165) is 12.8 Å². The third-order valence-corrected chi connectivity index (χ3v) is 11.4. The first-order valence-corrected chi connectivity index (χ1v) is 13.1. The molecule has 0 saturated heterocycles. The molecule has 2 aromatic rings. The minimum Gasteiger partial charge on any atom is -0.407 e. The molecule has 0 spiro atoms. The monoisotopic (exact) mass is 463 g/mol. The molecule has 0 aromatic heterocycles. The van der Waals surface area contributed by atoms with Gasteiger partial charge >= 0.3 is 12.1 Å². The van der Waals surface area contributed by atoms with E-state index in [0.29, 0.717) is 19.4 Å². The van der Waals surface area contributed by atoms with Crippen molar-refractivity contribution in [3.05, 3.63) is 60.7 Å². The summed E-state index contributed by atoms with van der Waals surface area (Å²) in [5, 5.41) is 4.44. The molecule has 1 amide bonds. The van der Waals surface area contributed by atoms with Gasteiger partial charge in [0.15, 0.2) is 0 Å². The maximum atomic E-state index is 12.5. The maximum absolute atomic E-state index is 12.5. The fourth-order valence-electron chi connectivity index (χ4n) is 4.75. The van der Waals surface area contributed by atoms with Gasteiger partial charge in [0.25, 0.3) is 8.32 Å². The number of hydrogen-bond acceptors (Lipinski definition) is 2. The van der Waals surface area contributed by atoms with E-state index in [-0.39, 0.29) is 11.0 Å². The SMILES string of the molecule is CC(C)(C)[Si](OC[C@H]1CC[C@H](NC(=O)C(F)(F)F)CC1)(c1ccccc1)c1ccccc1. The lowest BCUT2D eigenvalue weighted by Gasteiger charge is -2.44. The topological polar surface area (TPSA) is 38.3 Å². The van der Waals surface area contributed by atoms with Crippen LogP contribution in [0.1, 0.15) is 46.5 Å². The summed E-state index contributed by atoms with van der Waals surface area (Å²) >= 11 is 0. The van der Waals surface area contributed by atoms with Crippen molar-refractivity contribution in [2.75, 3.05) is 6.61 Å². The summed E-state index contributed by atoms with van der Waals surface area (Å²) in [6.07, 6.45) is -2.28. The molecular weight excluding hydrogens is 431 g/mol. The first-order valence-electron chi connectivity index (χ1n) is 11.2. The van der Waals surface area contributed by atoms with Gasteiger partial charge in [-0.1, -0.05) is 81.4 Å². The van der Waals surface area contributed by atoms with E-state index in [1.807, 2.05) is 36.4 Å². The Morgan fingerprint density at radius 3 is 1.78 bits per heavy atom. The first kappa shape index (κ1) is 24.5. The minimum atomic E-state index is -4.83. The highest BCUT2D eigenvalue weighted by Crippen LogP contribution is 2.38. The lowest BCUT2D eigenvalue weighted by atomic mass is 9.86. The lowest BCUT2D eigenvalue weighted by molar-refractivity contribution is -0.174. The highest BCUT2D eigenvalue weighted by molar-refractivity contribution is 6.99. The normalized spacial score (nSPS) is 20.1. The van der Waals surface area contributed by atoms with Crippen LogP contribution in [0.2, 0.25) is 5.04 Å². The number of nitrogens with one attached hydrogen (secondary N) is 1. The van der Waals surface area contributed by atoms with E-state index >= 15 is 0 Å². The first-order chi connectivity index (χ1) is 15.0. The number of hydrogen-bond donors (Lipinski definition) is 1. The van der Waals surface area contributed by atoms with E-state index in [1.165, 1.54) is 10.4 Å². The average Bonchev–Trinajstić information content (AvgIpc) is 2.75. The molecule has 1 saturated carbocycles. The Balaban J connectivity index is 1.76. The number of amides is 1. The molecule has 2 aromatic carbocycles. The Kier molecular flexibility index (Phi) is 7.50. The summed E-state index contributed by atoms with van der Waals surface area (Å²) in [7, 11) is -2.62. The molecule has 0 aliphatic heterocycles. The van der Waals surface area contributed by atoms with Crippen molar-refractivity contribution in [1.29, 1.82) is 0 Å². The molecule has 32 heavy (non-hydrogen) atoms. The summed E-state index contributed by atoms with van der Waals surface area (Å²) in [5.41, 5.74) is 0. The van der Waals surface area contributed by atoms with Gasteiger partial charge in [0.05, 0.1) is 0 Å². The molecule has 0 bridgehead atoms. The molecule has 7 heteroatoms. The van der Waals surface area contributed by atoms with Gasteiger partial charge in [0.1, 0.15) is 0 Å². The molecule has 3 nitrogen and oxygen atoms in total. The molecule has 3 rings (SSSR count). The molecule has 174 valence electrons. The zero-order valence-electron chi connectivity index (χ0n) is 18.9. The number of benzene rings is 2. The molecule has 1 fully saturated rings. The summed E-state index contributed by atoms with van der Waals surface area (Å²) in [4.78, 5) is 11.2. The van der Waals surface area contributed by atoms with Crippen molar-refractivity contribution in [2.24, 2.45) is 5.92 Å². The number of halogens is 3. The fourth-order valence-corrected chi connectivity index (χ4v) is 9.39. The molecule has 0 heterocycles. The van der Waals surface area contributed by atoms with Gasteiger partial charge < -0.3 is 9.74 Å². The second-order valence-electron chi connectivity index (χ2n) is 9.66. The van der Waals surface area contributed by atoms with Crippen LogP contribution in [0.3, 0.4) is 0 Å². The van der Waals surface area contributed by atoms with E-state index in [4.69, 9.17) is 4.43 Å². The van der Waals surface area contributed by atoms with Crippen LogP contribution in [0.15, 0.2) is 60.7 Å². The molecular formula is C25H32F3NO2Si. The van der Waals surface area contributed by atoms with Crippen molar-refractivity contribution in [2.45, 2.75) is 63.7 Å². The Labute approximate surface area is 189 Å². The van der Waals surface area contributed by atoms with Crippen LogP contribution in [0, 0.1) is 5.92 Å². The molecule has 0 radical (unpaired) electrons. The fraction of sp³-hybridized carbons (Fsp3) is 0.480. The van der Waals surface area contributed by atoms with Gasteiger partial charge in [0.2, 0.25) is 0 Å². The van der Waals surface area contributed by atoms with Crippen LogP contribution < -0.4 is 15.7 Å². The zero-order chi connectivity index (χ0) is 23.4. The predicted octanol–water partition coefficient (Wildman–Crippen LogP) is 4.80. The largest absolute Gasteiger partial charge is 0.471 e. The lowest BCUT2D eigenvalue weighted by Crippen LogP contribution is -2.67. The minimum absolute atomic E-state index is 0.117. The Morgan fingerprint density at radius 1 is 0.906 bits per heavy atom. The van der Waals surface area contributed by atoms with Crippen LogP contribution in [0.4, 0.5) is 13.2 Å². The molecule has 0 atom stereocenters. The number of carbonyl (C=O) groups is 1. The molecule has 0 unspecified atom stereocenters. The number of carbonyl (C=O) groups excluding carboxylic acids is 1. The van der Waals surface area contributed by atoms with E-state index in [1.54, 1.807) is 0 Å². The van der Waals surface area contributed by atoms with Crippen molar-refractivity contribution >= 4 is 24.6 Å². The van der Waals surface area contributed by atoms with Gasteiger partial charge in [-0.3, -0.25) is 4.79 Å². The predicted molar refractivity (Wildman–Crippen MR) is 124 cm³/mol. The van der Waals surface area contributed by atoms with E-state index < -0.39 is 26.4 Å². The smallest absolute Gasteiger partial charge is 0.407 e. The molecule has 1 aliphatic rings. The highest BCUT2D eigenvalue weighted by Gasteiger charge is 2.50. The Bertz CT molecular complexity index is 834. The van der Waals surface area contributed by atoms with Crippen molar-refractivity contribution in [3.63, 3.8) is 0 Å². The van der Waals surface area contributed by atoms with Gasteiger partial charge in [-0.15, -0.1) is 0 Å². The second kappa shape index (κ2) is 9.79. The maximum Gasteiger partial charge on any atom is 0.471 e. The molecule has 1 aliphatic carbocycles. The Hall–Kier alpha value is -2.12.